The molecule has 9 heteroatoms. The predicted octanol–water partition coefficient (Wildman–Crippen LogP) is 2.50. The molecule has 0 aliphatic heterocycles. The highest BCUT2D eigenvalue weighted by molar-refractivity contribution is 5.79. The highest BCUT2D eigenvalue weighted by Crippen LogP contribution is 2.53. The van der Waals surface area contributed by atoms with E-state index < -0.39 is 28.9 Å². The third-order valence-electron chi connectivity index (χ3n) is 8.24. The van der Waals surface area contributed by atoms with Gasteiger partial charge in [-0.25, -0.2) is 0 Å². The number of carbonyl (C=O) groups excluding carboxylic acids is 4. The zero-order chi connectivity index (χ0) is 25.9. The molecule has 1 N–H and O–H groups in total. The first kappa shape index (κ1) is 26.4. The predicted molar refractivity (Wildman–Crippen MR) is 126 cm³/mol. The Balaban J connectivity index is 1.03. The van der Waals surface area contributed by atoms with Crippen LogP contribution in [0, 0.1) is 34.5 Å². The quantitative estimate of drug-likeness (QED) is 0.185. The zero-order valence-corrected chi connectivity index (χ0v) is 21.0. The van der Waals surface area contributed by atoms with E-state index in [9.17, 15) is 24.3 Å². The van der Waals surface area contributed by atoms with Crippen molar-refractivity contribution in [2.45, 2.75) is 58.5 Å². The largest absolute Gasteiger partial charge is 0.463 e. The van der Waals surface area contributed by atoms with E-state index in [1.807, 2.05) is 13.8 Å². The van der Waals surface area contributed by atoms with E-state index in [2.05, 4.69) is 24.3 Å². The summed E-state index contributed by atoms with van der Waals surface area (Å²) in [6.45, 7) is 3.08. The zero-order valence-electron chi connectivity index (χ0n) is 21.0. The van der Waals surface area contributed by atoms with Gasteiger partial charge in [-0.05, 0) is 63.2 Å². The molecule has 4 bridgehead atoms. The van der Waals surface area contributed by atoms with Gasteiger partial charge in [0.05, 0.1) is 23.7 Å². The van der Waals surface area contributed by atoms with Crippen LogP contribution in [-0.4, -0.2) is 61.5 Å². The number of allylic oxidation sites excluding steroid dienone is 4. The van der Waals surface area contributed by atoms with Gasteiger partial charge in [-0.3, -0.25) is 19.2 Å². The van der Waals surface area contributed by atoms with Crippen LogP contribution in [0.25, 0.3) is 0 Å². The molecule has 4 aliphatic rings. The third-order valence-corrected chi connectivity index (χ3v) is 8.24. The fourth-order valence-corrected chi connectivity index (χ4v) is 6.04. The number of aliphatic hydroxyl groups is 1. The lowest BCUT2D eigenvalue weighted by molar-refractivity contribution is -0.162. The summed E-state index contributed by atoms with van der Waals surface area (Å²) in [5.74, 6) is -0.685. The Morgan fingerprint density at radius 2 is 1.22 bits per heavy atom. The van der Waals surface area contributed by atoms with Crippen molar-refractivity contribution in [1.29, 1.82) is 0 Å². The normalized spacial score (nSPS) is 34.0. The van der Waals surface area contributed by atoms with Crippen molar-refractivity contribution in [2.75, 3.05) is 26.4 Å². The van der Waals surface area contributed by atoms with Gasteiger partial charge in [0.15, 0.2) is 0 Å². The minimum Gasteiger partial charge on any atom is -0.463 e. The van der Waals surface area contributed by atoms with Crippen molar-refractivity contribution < 1.29 is 43.2 Å². The fourth-order valence-electron chi connectivity index (χ4n) is 6.04. The van der Waals surface area contributed by atoms with Crippen LogP contribution in [0.3, 0.4) is 0 Å². The first-order chi connectivity index (χ1) is 17.1. The highest BCUT2D eigenvalue weighted by Gasteiger charge is 2.52. The van der Waals surface area contributed by atoms with Crippen molar-refractivity contribution in [3.05, 3.63) is 24.3 Å². The summed E-state index contributed by atoms with van der Waals surface area (Å²) in [5, 5.41) is 10.00. The maximum atomic E-state index is 12.5. The molecule has 0 radical (unpaired) electrons. The molecule has 2 saturated carbocycles. The monoisotopic (exact) mass is 504 g/mol. The van der Waals surface area contributed by atoms with Crippen LogP contribution in [0.2, 0.25) is 0 Å². The number of hydrogen-bond acceptors (Lipinski definition) is 9. The Morgan fingerprint density at radius 3 is 1.72 bits per heavy atom. The number of carbonyl (C=O) groups is 4. The first-order valence-corrected chi connectivity index (χ1v) is 12.8. The van der Waals surface area contributed by atoms with E-state index in [0.717, 1.165) is 25.7 Å². The molecule has 198 valence electrons. The molecule has 4 aliphatic carbocycles. The Labute approximate surface area is 211 Å². The van der Waals surface area contributed by atoms with Crippen LogP contribution >= 0.6 is 0 Å². The Hall–Kier alpha value is -2.68. The molecule has 0 heterocycles. The van der Waals surface area contributed by atoms with Gasteiger partial charge in [0.1, 0.15) is 32.5 Å². The molecule has 2 fully saturated rings. The van der Waals surface area contributed by atoms with E-state index >= 15 is 0 Å². The highest BCUT2D eigenvalue weighted by atomic mass is 16.6. The second-order valence-electron chi connectivity index (χ2n) is 11.0. The van der Waals surface area contributed by atoms with E-state index in [1.54, 1.807) is 0 Å². The number of hydrogen-bond donors (Lipinski definition) is 1. The lowest BCUT2D eigenvalue weighted by atomic mass is 9.78. The smallest absolute Gasteiger partial charge is 0.312 e. The van der Waals surface area contributed by atoms with E-state index in [1.165, 1.54) is 0 Å². The Kier molecular flexibility index (Phi) is 7.87. The van der Waals surface area contributed by atoms with Gasteiger partial charge in [0.25, 0.3) is 0 Å². The number of rotatable bonds is 12. The average Bonchev–Trinajstić information content (AvgIpc) is 3.64. The number of esters is 4. The van der Waals surface area contributed by atoms with Gasteiger partial charge in [-0.1, -0.05) is 24.3 Å². The van der Waals surface area contributed by atoms with Gasteiger partial charge in [-0.15, -0.1) is 0 Å². The number of aliphatic hydroxyl groups excluding tert-OH is 1. The molecule has 4 rings (SSSR count). The first-order valence-electron chi connectivity index (χ1n) is 12.8. The molecule has 36 heavy (non-hydrogen) atoms. The Morgan fingerprint density at radius 1 is 0.750 bits per heavy atom. The molecule has 0 aromatic heterocycles. The van der Waals surface area contributed by atoms with Gasteiger partial charge < -0.3 is 24.1 Å². The van der Waals surface area contributed by atoms with E-state index in [-0.39, 0.29) is 63.0 Å². The van der Waals surface area contributed by atoms with Gasteiger partial charge in [-0.2, -0.15) is 0 Å². The van der Waals surface area contributed by atoms with Crippen LogP contribution in [0.4, 0.5) is 0 Å². The summed E-state index contributed by atoms with van der Waals surface area (Å²) in [5.41, 5.74) is -1.08. The van der Waals surface area contributed by atoms with Gasteiger partial charge in [0, 0.05) is 0 Å². The molecule has 7 atom stereocenters. The SMILES string of the molecule is CC1(C(=O)OCCOC(=O)CCC(=O)OCC(O)COC(=O)C2(C)CC3C=CC2C3)CC2C=CC1C2. The number of ether oxygens (including phenoxy) is 4. The molecule has 0 aromatic carbocycles. The van der Waals surface area contributed by atoms with Crippen molar-refractivity contribution in [1.82, 2.24) is 0 Å². The van der Waals surface area contributed by atoms with Gasteiger partial charge in [0.2, 0.25) is 0 Å². The number of fused-ring (bicyclic) bond motifs is 4. The minimum atomic E-state index is -1.15. The topological polar surface area (TPSA) is 125 Å². The van der Waals surface area contributed by atoms with Gasteiger partial charge >= 0.3 is 23.9 Å². The van der Waals surface area contributed by atoms with Crippen LogP contribution in [0.5, 0.6) is 0 Å². The van der Waals surface area contributed by atoms with Crippen molar-refractivity contribution in [3.8, 4) is 0 Å². The summed E-state index contributed by atoms with van der Waals surface area (Å²) in [4.78, 5) is 48.6. The summed E-state index contributed by atoms with van der Waals surface area (Å²) in [6.07, 6.45) is 10.3. The fraction of sp³-hybridized carbons (Fsp3) is 0.704. The molecule has 0 saturated heterocycles. The summed E-state index contributed by atoms with van der Waals surface area (Å²) in [6, 6.07) is 0. The third kappa shape index (κ3) is 5.66. The van der Waals surface area contributed by atoms with Crippen molar-refractivity contribution >= 4 is 23.9 Å². The molecule has 0 spiro atoms. The van der Waals surface area contributed by atoms with Crippen LogP contribution in [0.15, 0.2) is 24.3 Å². The van der Waals surface area contributed by atoms with Crippen LogP contribution < -0.4 is 0 Å². The van der Waals surface area contributed by atoms with Crippen LogP contribution in [0.1, 0.15) is 52.4 Å². The van der Waals surface area contributed by atoms with E-state index in [4.69, 9.17) is 18.9 Å². The maximum Gasteiger partial charge on any atom is 0.312 e. The standard InChI is InChI=1S/C27H36O9/c1-26(13-17-3-5-19(26)11-17)24(31)34-10-9-33-22(29)7-8-23(30)35-15-21(28)16-36-25(32)27(2)14-18-4-6-20(27)12-18/h3-6,17-21,28H,7-16H2,1-2H3. The molecule has 9 nitrogen and oxygen atoms in total. The Bertz CT molecular complexity index is 940. The second kappa shape index (κ2) is 10.7. The van der Waals surface area contributed by atoms with E-state index in [0.29, 0.717) is 11.8 Å². The minimum absolute atomic E-state index is 0.0344. The molecule has 0 aromatic rings. The molecule has 7 unspecified atom stereocenters. The van der Waals surface area contributed by atoms with Crippen molar-refractivity contribution in [2.24, 2.45) is 34.5 Å². The lowest BCUT2D eigenvalue weighted by Gasteiger charge is -2.29. The molecular formula is C27H36O9. The molecular weight excluding hydrogens is 468 g/mol. The summed E-state index contributed by atoms with van der Waals surface area (Å²) >= 11 is 0. The lowest BCUT2D eigenvalue weighted by Crippen LogP contribution is -2.36. The van der Waals surface area contributed by atoms with Crippen molar-refractivity contribution in [3.63, 3.8) is 0 Å². The molecule has 0 amide bonds. The summed E-state index contributed by atoms with van der Waals surface area (Å²) in [7, 11) is 0. The van der Waals surface area contributed by atoms with Crippen LogP contribution in [-0.2, 0) is 38.1 Å². The summed E-state index contributed by atoms with van der Waals surface area (Å²) < 4.78 is 20.6. The average molecular weight is 505 g/mol. The second-order valence-corrected chi connectivity index (χ2v) is 11.0. The maximum absolute atomic E-state index is 12.5.